The Balaban J connectivity index is 1.98. The van der Waals surface area contributed by atoms with Crippen molar-refractivity contribution >= 4 is 0 Å². The lowest BCUT2D eigenvalue weighted by Gasteiger charge is -2.05. The second-order valence-corrected chi connectivity index (χ2v) is 4.28. The predicted molar refractivity (Wildman–Crippen MR) is 60.8 cm³/mol. The van der Waals surface area contributed by atoms with Crippen molar-refractivity contribution in [1.82, 2.24) is 15.5 Å². The Morgan fingerprint density at radius 3 is 3.00 bits per heavy atom. The van der Waals surface area contributed by atoms with Crippen molar-refractivity contribution in [3.63, 3.8) is 0 Å². The van der Waals surface area contributed by atoms with Gasteiger partial charge in [-0.15, -0.1) is 6.42 Å². The van der Waals surface area contributed by atoms with E-state index in [1.54, 1.807) is 0 Å². The van der Waals surface area contributed by atoms with Gasteiger partial charge in [-0.05, 0) is 19.8 Å². The third-order valence-corrected chi connectivity index (χ3v) is 3.06. The Hall–Kier alpha value is -1.34. The molecule has 1 saturated carbocycles. The van der Waals surface area contributed by atoms with Gasteiger partial charge in [-0.3, -0.25) is 5.32 Å². The van der Waals surface area contributed by atoms with Gasteiger partial charge in [0, 0.05) is 5.92 Å². The number of nitrogens with zero attached hydrogens (tertiary/aromatic N) is 2. The lowest BCUT2D eigenvalue weighted by molar-refractivity contribution is 0.338. The van der Waals surface area contributed by atoms with Crippen LogP contribution in [0.2, 0.25) is 0 Å². The largest absolute Gasteiger partial charge is 0.338 e. The molecule has 0 bridgehead atoms. The zero-order valence-corrected chi connectivity index (χ0v) is 9.57. The summed E-state index contributed by atoms with van der Waals surface area (Å²) in [4.78, 5) is 4.44. The zero-order valence-electron chi connectivity index (χ0n) is 9.57. The lowest BCUT2D eigenvalue weighted by Crippen LogP contribution is -2.19. The topological polar surface area (TPSA) is 51.0 Å². The van der Waals surface area contributed by atoms with Crippen molar-refractivity contribution in [2.24, 2.45) is 0 Å². The molecule has 1 aromatic rings. The van der Waals surface area contributed by atoms with Gasteiger partial charge in [-0.1, -0.05) is 23.9 Å². The van der Waals surface area contributed by atoms with Crippen LogP contribution in [0.1, 0.15) is 56.3 Å². The smallest absolute Gasteiger partial charge is 0.243 e. The maximum atomic E-state index is 5.24. The Labute approximate surface area is 95.8 Å². The molecular formula is C12H17N3O. The van der Waals surface area contributed by atoms with Crippen LogP contribution in [0.25, 0.3) is 0 Å². The Kier molecular flexibility index (Phi) is 3.58. The number of terminal acetylenes is 1. The average molecular weight is 219 g/mol. The van der Waals surface area contributed by atoms with E-state index in [1.165, 1.54) is 25.7 Å². The van der Waals surface area contributed by atoms with Gasteiger partial charge in [0.25, 0.3) is 0 Å². The van der Waals surface area contributed by atoms with Gasteiger partial charge in [0.2, 0.25) is 5.89 Å². The number of aromatic nitrogens is 2. The van der Waals surface area contributed by atoms with Gasteiger partial charge >= 0.3 is 0 Å². The third-order valence-electron chi connectivity index (χ3n) is 3.06. The SMILES string of the molecule is C#CCNC(C)c1nc(C2CCCC2)no1. The molecule has 86 valence electrons. The molecule has 1 fully saturated rings. The molecule has 1 aliphatic carbocycles. The maximum absolute atomic E-state index is 5.24. The molecule has 0 aliphatic heterocycles. The number of hydrogen-bond acceptors (Lipinski definition) is 4. The summed E-state index contributed by atoms with van der Waals surface area (Å²) in [5, 5.41) is 7.17. The van der Waals surface area contributed by atoms with Crippen LogP contribution in [0, 0.1) is 12.3 Å². The summed E-state index contributed by atoms with van der Waals surface area (Å²) in [6, 6.07) is 0.0266. The standard InChI is InChI=1S/C12H17N3O/c1-3-8-13-9(2)12-14-11(15-16-12)10-6-4-5-7-10/h1,9-10,13H,4-8H2,2H3. The summed E-state index contributed by atoms with van der Waals surface area (Å²) in [5.74, 6) is 4.53. The van der Waals surface area contributed by atoms with Gasteiger partial charge in [0.05, 0.1) is 12.6 Å². The van der Waals surface area contributed by atoms with Crippen molar-refractivity contribution in [3.8, 4) is 12.3 Å². The van der Waals surface area contributed by atoms with E-state index in [2.05, 4.69) is 21.4 Å². The number of hydrogen-bond donors (Lipinski definition) is 1. The second-order valence-electron chi connectivity index (χ2n) is 4.28. The number of nitrogens with one attached hydrogen (secondary N) is 1. The molecule has 1 aliphatic rings. The zero-order chi connectivity index (χ0) is 11.4. The first-order valence-corrected chi connectivity index (χ1v) is 5.81. The van der Waals surface area contributed by atoms with Gasteiger partial charge in [0.1, 0.15) is 0 Å². The van der Waals surface area contributed by atoms with Crippen molar-refractivity contribution in [2.75, 3.05) is 6.54 Å². The highest BCUT2D eigenvalue weighted by Gasteiger charge is 2.23. The maximum Gasteiger partial charge on any atom is 0.243 e. The first-order chi connectivity index (χ1) is 7.81. The van der Waals surface area contributed by atoms with Crippen LogP contribution in [-0.2, 0) is 0 Å². The van der Waals surface area contributed by atoms with Crippen molar-refractivity contribution in [2.45, 2.75) is 44.6 Å². The highest BCUT2D eigenvalue weighted by atomic mass is 16.5. The number of rotatable bonds is 4. The van der Waals surface area contributed by atoms with Gasteiger partial charge in [-0.2, -0.15) is 4.98 Å². The highest BCUT2D eigenvalue weighted by molar-refractivity contribution is 5.00. The minimum Gasteiger partial charge on any atom is -0.338 e. The van der Waals surface area contributed by atoms with E-state index in [0.29, 0.717) is 18.4 Å². The van der Waals surface area contributed by atoms with Crippen molar-refractivity contribution in [3.05, 3.63) is 11.7 Å². The highest BCUT2D eigenvalue weighted by Crippen LogP contribution is 2.32. The van der Waals surface area contributed by atoms with E-state index in [4.69, 9.17) is 10.9 Å². The molecule has 16 heavy (non-hydrogen) atoms. The van der Waals surface area contributed by atoms with Crippen molar-refractivity contribution < 1.29 is 4.52 Å². The molecule has 1 aromatic heterocycles. The normalized spacial score (nSPS) is 18.5. The second kappa shape index (κ2) is 5.13. The molecule has 1 N–H and O–H groups in total. The molecule has 4 nitrogen and oxygen atoms in total. The molecule has 2 rings (SSSR count). The predicted octanol–water partition coefficient (Wildman–Crippen LogP) is 2.01. The van der Waals surface area contributed by atoms with Crippen molar-refractivity contribution in [1.29, 1.82) is 0 Å². The quantitative estimate of drug-likeness (QED) is 0.787. The summed E-state index contributed by atoms with van der Waals surface area (Å²) in [6.07, 6.45) is 10.1. The van der Waals surface area contributed by atoms with Crippen LogP contribution in [0.15, 0.2) is 4.52 Å². The summed E-state index contributed by atoms with van der Waals surface area (Å²) < 4.78 is 5.24. The fraction of sp³-hybridized carbons (Fsp3) is 0.667. The van der Waals surface area contributed by atoms with Gasteiger partial charge in [0.15, 0.2) is 5.82 Å². The molecule has 1 unspecified atom stereocenters. The molecule has 0 radical (unpaired) electrons. The molecule has 0 aromatic carbocycles. The van der Waals surface area contributed by atoms with E-state index in [9.17, 15) is 0 Å². The minimum atomic E-state index is 0.0266. The van der Waals surface area contributed by atoms with E-state index in [1.807, 2.05) is 6.92 Å². The van der Waals surface area contributed by atoms with Crippen LogP contribution in [0.3, 0.4) is 0 Å². The van der Waals surface area contributed by atoms with E-state index < -0.39 is 0 Å². The van der Waals surface area contributed by atoms with Gasteiger partial charge < -0.3 is 4.52 Å². The fourth-order valence-corrected chi connectivity index (χ4v) is 2.07. The molecule has 1 atom stereocenters. The summed E-state index contributed by atoms with van der Waals surface area (Å²) in [7, 11) is 0. The summed E-state index contributed by atoms with van der Waals surface area (Å²) in [6.45, 7) is 2.49. The lowest BCUT2D eigenvalue weighted by atomic mass is 10.1. The molecular weight excluding hydrogens is 202 g/mol. The van der Waals surface area contributed by atoms with Crippen LogP contribution < -0.4 is 5.32 Å². The summed E-state index contributed by atoms with van der Waals surface area (Å²) >= 11 is 0. The molecule has 0 amide bonds. The average Bonchev–Trinajstić information content (AvgIpc) is 2.94. The molecule has 1 heterocycles. The first-order valence-electron chi connectivity index (χ1n) is 5.81. The summed E-state index contributed by atoms with van der Waals surface area (Å²) in [5.41, 5.74) is 0. The Bertz CT molecular complexity index is 374. The first kappa shape index (κ1) is 11.2. The molecule has 0 spiro atoms. The van der Waals surface area contributed by atoms with E-state index >= 15 is 0 Å². The van der Waals surface area contributed by atoms with E-state index in [0.717, 1.165) is 5.82 Å². The van der Waals surface area contributed by atoms with Crippen LogP contribution in [-0.4, -0.2) is 16.7 Å². The molecule has 4 heteroatoms. The Morgan fingerprint density at radius 1 is 1.56 bits per heavy atom. The monoisotopic (exact) mass is 219 g/mol. The van der Waals surface area contributed by atoms with E-state index in [-0.39, 0.29) is 6.04 Å². The third kappa shape index (κ3) is 2.42. The van der Waals surface area contributed by atoms with Gasteiger partial charge in [-0.25, -0.2) is 0 Å². The van der Waals surface area contributed by atoms with Crippen LogP contribution in [0.4, 0.5) is 0 Å². The van der Waals surface area contributed by atoms with Crippen LogP contribution >= 0.6 is 0 Å². The molecule has 0 saturated heterocycles. The Morgan fingerprint density at radius 2 is 2.31 bits per heavy atom. The van der Waals surface area contributed by atoms with Crippen LogP contribution in [0.5, 0.6) is 0 Å². The minimum absolute atomic E-state index is 0.0266. The fourth-order valence-electron chi connectivity index (χ4n) is 2.07.